The van der Waals surface area contributed by atoms with Crippen molar-refractivity contribution >= 4 is 67.0 Å². The summed E-state index contributed by atoms with van der Waals surface area (Å²) >= 11 is 0. The zero-order valence-electron chi connectivity index (χ0n) is 39.1. The van der Waals surface area contributed by atoms with Gasteiger partial charge in [-0.1, -0.05) is 176 Å². The molecule has 1 unspecified atom stereocenters. The lowest BCUT2D eigenvalue weighted by atomic mass is 9.70. The van der Waals surface area contributed by atoms with Gasteiger partial charge in [0.25, 0.3) is 0 Å². The van der Waals surface area contributed by atoms with Gasteiger partial charge in [-0.25, -0.2) is 0 Å². The average Bonchev–Trinajstić information content (AvgIpc) is 4.18. The first-order chi connectivity index (χ1) is 35.6. The van der Waals surface area contributed by atoms with Gasteiger partial charge in [0.1, 0.15) is 22.3 Å². The fourth-order valence-electron chi connectivity index (χ4n) is 12.1. The highest BCUT2D eigenvalue weighted by Crippen LogP contribution is 2.64. The Morgan fingerprint density at radius 2 is 0.694 bits per heavy atom. The normalized spacial score (nSPS) is 14.2. The molecule has 0 radical (unpaired) electrons. The standard InChI is InChI=1S/C69H43NO2/c1-2-43-19-21-44(22-20-43)49-27-35-55-53-11-3-7-15-61(53)69(63(55)41-49)62-16-8-4-12-54(62)56-36-34-52(42-64(56)69)70(50-30-23-45(24-31-50)47-28-37-67-59(39-47)57-13-5-9-17-65(57)71-67)51-32-25-46(26-33-51)48-29-38-68-60(40-48)58-14-6-10-18-66(58)72-68/h2-42H,1H2. The van der Waals surface area contributed by atoms with Gasteiger partial charge in [-0.15, -0.1) is 0 Å². The third-order valence-electron chi connectivity index (χ3n) is 15.5. The summed E-state index contributed by atoms with van der Waals surface area (Å²) in [5, 5.41) is 4.49. The van der Waals surface area contributed by atoms with Crippen LogP contribution in [0.2, 0.25) is 0 Å². The molecule has 3 nitrogen and oxygen atoms in total. The van der Waals surface area contributed by atoms with Crippen LogP contribution < -0.4 is 4.90 Å². The maximum atomic E-state index is 6.21. The van der Waals surface area contributed by atoms with Gasteiger partial charge in [0, 0.05) is 38.6 Å². The Balaban J connectivity index is 0.903. The SMILES string of the molecule is C=Cc1ccc(-c2ccc3c(c2)C2(c4ccccc4-3)c3ccccc3-c3ccc(N(c4ccc(-c5ccc6oc7ccccc7c6c5)cc4)c4ccc(-c5ccc6oc7ccccc7c6c5)cc4)cc32)cc1. The summed E-state index contributed by atoms with van der Waals surface area (Å²) in [4.78, 5) is 2.42. The molecular weight excluding hydrogens is 875 g/mol. The van der Waals surface area contributed by atoms with E-state index in [9.17, 15) is 0 Å². The van der Waals surface area contributed by atoms with E-state index in [2.05, 4.69) is 230 Å². The summed E-state index contributed by atoms with van der Waals surface area (Å²) < 4.78 is 12.4. The van der Waals surface area contributed by atoms with E-state index in [1.54, 1.807) is 0 Å². The molecule has 0 fully saturated rings. The van der Waals surface area contributed by atoms with Crippen molar-refractivity contribution in [1.29, 1.82) is 0 Å². The minimum atomic E-state index is -0.546. The van der Waals surface area contributed by atoms with Gasteiger partial charge >= 0.3 is 0 Å². The van der Waals surface area contributed by atoms with Crippen LogP contribution in [0.4, 0.5) is 17.1 Å². The third-order valence-corrected chi connectivity index (χ3v) is 15.5. The lowest BCUT2D eigenvalue weighted by Gasteiger charge is -2.32. The molecule has 0 amide bonds. The molecule has 0 N–H and O–H groups in total. The quantitative estimate of drug-likeness (QED) is 0.160. The van der Waals surface area contributed by atoms with Crippen molar-refractivity contribution in [3.8, 4) is 55.6 Å². The molecule has 72 heavy (non-hydrogen) atoms. The molecule has 1 spiro atoms. The van der Waals surface area contributed by atoms with Crippen molar-refractivity contribution in [2.24, 2.45) is 0 Å². The lowest BCUT2D eigenvalue weighted by Crippen LogP contribution is -2.26. The van der Waals surface area contributed by atoms with E-state index >= 15 is 0 Å². The smallest absolute Gasteiger partial charge is 0.135 e. The second-order valence-corrected chi connectivity index (χ2v) is 19.2. The molecule has 2 aromatic heterocycles. The molecular formula is C69H43NO2. The fourth-order valence-corrected chi connectivity index (χ4v) is 12.1. The highest BCUT2D eigenvalue weighted by Gasteiger charge is 2.52. The maximum absolute atomic E-state index is 6.21. The Labute approximate surface area is 416 Å². The number of fused-ring (bicyclic) bond motifs is 16. The van der Waals surface area contributed by atoms with Gasteiger partial charge in [-0.2, -0.15) is 0 Å². The summed E-state index contributed by atoms with van der Waals surface area (Å²) in [6.45, 7) is 4.01. The molecule has 1 atom stereocenters. The predicted molar refractivity (Wildman–Crippen MR) is 298 cm³/mol. The molecule has 2 heterocycles. The second-order valence-electron chi connectivity index (χ2n) is 19.2. The van der Waals surface area contributed by atoms with Gasteiger partial charge in [0.05, 0.1) is 5.41 Å². The van der Waals surface area contributed by atoms with Crippen molar-refractivity contribution in [3.63, 3.8) is 0 Å². The van der Waals surface area contributed by atoms with Crippen LogP contribution in [-0.2, 0) is 5.41 Å². The highest BCUT2D eigenvalue weighted by atomic mass is 16.3. The Kier molecular flexibility index (Phi) is 8.73. The largest absolute Gasteiger partial charge is 0.456 e. The van der Waals surface area contributed by atoms with Crippen molar-refractivity contribution in [2.75, 3.05) is 4.90 Å². The second kappa shape index (κ2) is 15.5. The Morgan fingerprint density at radius 1 is 0.306 bits per heavy atom. The number of anilines is 3. The first-order valence-electron chi connectivity index (χ1n) is 24.7. The summed E-state index contributed by atoms with van der Waals surface area (Å²) in [7, 11) is 0. The number of benzene rings is 11. The fraction of sp³-hybridized carbons (Fsp3) is 0.0145. The molecule has 0 aliphatic heterocycles. The van der Waals surface area contributed by atoms with Gasteiger partial charge in [0.15, 0.2) is 0 Å². The van der Waals surface area contributed by atoms with Crippen LogP contribution in [0.25, 0.3) is 106 Å². The maximum Gasteiger partial charge on any atom is 0.135 e. The van der Waals surface area contributed by atoms with E-state index in [4.69, 9.17) is 8.83 Å². The van der Waals surface area contributed by atoms with Crippen LogP contribution in [0.1, 0.15) is 27.8 Å². The molecule has 11 aromatic carbocycles. The van der Waals surface area contributed by atoms with Crippen molar-refractivity contribution < 1.29 is 8.83 Å². The molecule has 0 saturated heterocycles. The van der Waals surface area contributed by atoms with Crippen LogP contribution >= 0.6 is 0 Å². The summed E-state index contributed by atoms with van der Waals surface area (Å²) in [6.07, 6.45) is 1.90. The molecule has 3 heteroatoms. The molecule has 0 bridgehead atoms. The number of furan rings is 2. The van der Waals surface area contributed by atoms with Crippen LogP contribution in [0.3, 0.4) is 0 Å². The zero-order valence-corrected chi connectivity index (χ0v) is 39.1. The lowest BCUT2D eigenvalue weighted by molar-refractivity contribution is 0.668. The Bertz CT molecular complexity index is 4170. The minimum absolute atomic E-state index is 0.546. The zero-order chi connectivity index (χ0) is 47.5. The first-order valence-corrected chi connectivity index (χ1v) is 24.7. The molecule has 13 aromatic rings. The van der Waals surface area contributed by atoms with E-state index in [1.807, 2.05) is 30.3 Å². The molecule has 2 aliphatic carbocycles. The predicted octanol–water partition coefficient (Wildman–Crippen LogP) is 18.9. The van der Waals surface area contributed by atoms with Gasteiger partial charge < -0.3 is 13.7 Å². The van der Waals surface area contributed by atoms with Gasteiger partial charge in [-0.3, -0.25) is 0 Å². The average molecular weight is 918 g/mol. The summed E-state index contributed by atoms with van der Waals surface area (Å²) in [5.74, 6) is 0. The van der Waals surface area contributed by atoms with E-state index in [0.29, 0.717) is 0 Å². The van der Waals surface area contributed by atoms with Crippen LogP contribution in [0.5, 0.6) is 0 Å². The molecule has 2 aliphatic rings. The minimum Gasteiger partial charge on any atom is -0.456 e. The number of rotatable bonds is 7. The van der Waals surface area contributed by atoms with Crippen LogP contribution in [-0.4, -0.2) is 0 Å². The summed E-state index contributed by atoms with van der Waals surface area (Å²) in [6, 6.07) is 88.7. The Morgan fingerprint density at radius 3 is 1.24 bits per heavy atom. The number of para-hydroxylation sites is 2. The highest BCUT2D eigenvalue weighted by molar-refractivity contribution is 6.07. The van der Waals surface area contributed by atoms with Gasteiger partial charge in [0.2, 0.25) is 0 Å². The van der Waals surface area contributed by atoms with Crippen molar-refractivity contribution in [2.45, 2.75) is 5.41 Å². The Hall–Kier alpha value is -9.44. The summed E-state index contributed by atoms with van der Waals surface area (Å²) in [5.41, 5.74) is 24.6. The topological polar surface area (TPSA) is 29.5 Å². The first kappa shape index (κ1) is 40.4. The molecule has 336 valence electrons. The van der Waals surface area contributed by atoms with Crippen molar-refractivity contribution in [3.05, 3.63) is 277 Å². The van der Waals surface area contributed by atoms with Crippen LogP contribution in [0, 0.1) is 0 Å². The number of nitrogens with zero attached hydrogens (tertiary/aromatic N) is 1. The van der Waals surface area contributed by atoms with Gasteiger partial charge in [-0.05, 0) is 162 Å². The van der Waals surface area contributed by atoms with Crippen molar-refractivity contribution in [1.82, 2.24) is 0 Å². The third kappa shape index (κ3) is 5.92. The number of hydrogen-bond donors (Lipinski definition) is 0. The number of hydrogen-bond acceptors (Lipinski definition) is 3. The van der Waals surface area contributed by atoms with Crippen LogP contribution in [0.15, 0.2) is 258 Å². The van der Waals surface area contributed by atoms with E-state index < -0.39 is 5.41 Å². The molecule has 15 rings (SSSR count). The molecule has 0 saturated carbocycles. The van der Waals surface area contributed by atoms with E-state index in [0.717, 1.165) is 88.8 Å². The van der Waals surface area contributed by atoms with E-state index in [-0.39, 0.29) is 0 Å². The monoisotopic (exact) mass is 917 g/mol. The van der Waals surface area contributed by atoms with E-state index in [1.165, 1.54) is 55.6 Å².